The first-order chi connectivity index (χ1) is 10.8. The Morgan fingerprint density at radius 1 is 1.32 bits per heavy atom. The summed E-state index contributed by atoms with van der Waals surface area (Å²) in [5.41, 5.74) is 0.509. The molecule has 1 aromatic carbocycles. The molecule has 0 radical (unpaired) electrons. The smallest absolute Gasteiger partial charge is 0.337 e. The maximum atomic E-state index is 11.7. The van der Waals surface area contributed by atoms with Crippen molar-refractivity contribution in [1.82, 2.24) is 10.3 Å². The number of hydrogen-bond donors (Lipinski definition) is 1. The first-order valence-electron chi connectivity index (χ1n) is 7.58. The third-order valence-electron chi connectivity index (χ3n) is 4.07. The van der Waals surface area contributed by atoms with Crippen molar-refractivity contribution in [2.45, 2.75) is 12.8 Å². The van der Waals surface area contributed by atoms with Crippen LogP contribution in [0.3, 0.4) is 0 Å². The van der Waals surface area contributed by atoms with Gasteiger partial charge >= 0.3 is 5.97 Å². The first-order valence-corrected chi connectivity index (χ1v) is 7.58. The third kappa shape index (κ3) is 3.20. The molecule has 3 rings (SSSR count). The zero-order chi connectivity index (χ0) is 15.4. The number of piperidine rings is 1. The lowest BCUT2D eigenvalue weighted by atomic mass is 9.99. The zero-order valence-electron chi connectivity index (χ0n) is 12.7. The number of pyridine rings is 1. The number of hydrogen-bond acceptors (Lipinski definition) is 5. The molecule has 0 amide bonds. The molecule has 2 aromatic rings. The fourth-order valence-electron chi connectivity index (χ4n) is 2.75. The van der Waals surface area contributed by atoms with Crippen LogP contribution in [0.15, 0.2) is 30.5 Å². The molecule has 1 fully saturated rings. The minimum atomic E-state index is -0.352. The van der Waals surface area contributed by atoms with Crippen molar-refractivity contribution >= 4 is 16.7 Å². The molecule has 1 aromatic heterocycles. The molecule has 0 unspecified atom stereocenters. The number of esters is 1. The number of ether oxygens (including phenoxy) is 2. The average Bonchev–Trinajstić information content (AvgIpc) is 2.59. The minimum absolute atomic E-state index is 0.352. The van der Waals surface area contributed by atoms with Gasteiger partial charge in [-0.1, -0.05) is 6.07 Å². The standard InChI is InChI=1S/C17H20N2O3/c1-21-17(20)14-3-2-13-6-9-19-16(15(13)10-14)22-11-12-4-7-18-8-5-12/h2-3,6,9-10,12,18H,4-5,7-8,11H2,1H3. The van der Waals surface area contributed by atoms with Crippen LogP contribution >= 0.6 is 0 Å². The summed E-state index contributed by atoms with van der Waals surface area (Å²) in [6.07, 6.45) is 3.98. The largest absolute Gasteiger partial charge is 0.477 e. The SMILES string of the molecule is COC(=O)c1ccc2ccnc(OCC3CCNCC3)c2c1. The van der Waals surface area contributed by atoms with Crippen LogP contribution in [0.4, 0.5) is 0 Å². The number of aromatic nitrogens is 1. The van der Waals surface area contributed by atoms with Gasteiger partial charge in [-0.05, 0) is 55.4 Å². The van der Waals surface area contributed by atoms with Gasteiger partial charge in [-0.25, -0.2) is 9.78 Å². The Hall–Kier alpha value is -2.14. The Kier molecular flexibility index (Phi) is 4.53. The maximum absolute atomic E-state index is 11.7. The summed E-state index contributed by atoms with van der Waals surface area (Å²) in [7, 11) is 1.38. The summed E-state index contributed by atoms with van der Waals surface area (Å²) >= 11 is 0. The Bertz CT molecular complexity index is 666. The summed E-state index contributed by atoms with van der Waals surface area (Å²) in [6.45, 7) is 2.75. The highest BCUT2D eigenvalue weighted by molar-refractivity contribution is 5.96. The number of fused-ring (bicyclic) bond motifs is 1. The predicted octanol–water partition coefficient (Wildman–Crippen LogP) is 2.40. The zero-order valence-corrected chi connectivity index (χ0v) is 12.7. The lowest BCUT2D eigenvalue weighted by Gasteiger charge is -2.22. The van der Waals surface area contributed by atoms with E-state index in [-0.39, 0.29) is 5.97 Å². The highest BCUT2D eigenvalue weighted by Crippen LogP contribution is 2.25. The summed E-state index contributed by atoms with van der Waals surface area (Å²) < 4.78 is 10.7. The van der Waals surface area contributed by atoms with Crippen molar-refractivity contribution in [3.05, 3.63) is 36.0 Å². The number of nitrogens with one attached hydrogen (secondary N) is 1. The molecule has 116 valence electrons. The Morgan fingerprint density at radius 2 is 2.14 bits per heavy atom. The second-order valence-corrected chi connectivity index (χ2v) is 5.55. The van der Waals surface area contributed by atoms with E-state index >= 15 is 0 Å². The fraction of sp³-hybridized carbons (Fsp3) is 0.412. The number of nitrogens with zero attached hydrogens (tertiary/aromatic N) is 1. The maximum Gasteiger partial charge on any atom is 0.337 e. The van der Waals surface area contributed by atoms with Gasteiger partial charge in [0.1, 0.15) is 0 Å². The number of methoxy groups -OCH3 is 1. The van der Waals surface area contributed by atoms with Crippen LogP contribution in [0.1, 0.15) is 23.2 Å². The highest BCUT2D eigenvalue weighted by atomic mass is 16.5. The molecule has 5 heteroatoms. The number of benzene rings is 1. The van der Waals surface area contributed by atoms with Crippen molar-refractivity contribution in [2.24, 2.45) is 5.92 Å². The van der Waals surface area contributed by atoms with Crippen LogP contribution in [0.25, 0.3) is 10.8 Å². The van der Waals surface area contributed by atoms with Gasteiger partial charge in [0.25, 0.3) is 0 Å². The molecule has 1 aliphatic heterocycles. The summed E-state index contributed by atoms with van der Waals surface area (Å²) in [5, 5.41) is 5.20. The summed E-state index contributed by atoms with van der Waals surface area (Å²) in [6, 6.07) is 7.34. The highest BCUT2D eigenvalue weighted by Gasteiger charge is 2.15. The first kappa shape index (κ1) is 14.8. The van der Waals surface area contributed by atoms with Gasteiger partial charge in [0.05, 0.1) is 19.3 Å². The normalized spacial score (nSPS) is 15.7. The lowest BCUT2D eigenvalue weighted by Crippen LogP contribution is -2.30. The van der Waals surface area contributed by atoms with Crippen molar-refractivity contribution in [2.75, 3.05) is 26.8 Å². The monoisotopic (exact) mass is 300 g/mol. The minimum Gasteiger partial charge on any atom is -0.477 e. The fourth-order valence-corrected chi connectivity index (χ4v) is 2.75. The van der Waals surface area contributed by atoms with Gasteiger partial charge < -0.3 is 14.8 Å². The van der Waals surface area contributed by atoms with E-state index < -0.39 is 0 Å². The topological polar surface area (TPSA) is 60.5 Å². The molecule has 1 N–H and O–H groups in total. The molecule has 5 nitrogen and oxygen atoms in total. The van der Waals surface area contributed by atoms with Crippen molar-refractivity contribution in [3.8, 4) is 5.88 Å². The second kappa shape index (κ2) is 6.75. The summed E-state index contributed by atoms with van der Waals surface area (Å²) in [5.74, 6) is 0.791. The Labute approximate surface area is 129 Å². The number of carbonyl (C=O) groups excluding carboxylic acids is 1. The van der Waals surface area contributed by atoms with Gasteiger partial charge in [0.2, 0.25) is 5.88 Å². The lowest BCUT2D eigenvalue weighted by molar-refractivity contribution is 0.0601. The van der Waals surface area contributed by atoms with Gasteiger partial charge in [0, 0.05) is 11.6 Å². The van der Waals surface area contributed by atoms with Crippen LogP contribution in [0.2, 0.25) is 0 Å². The van der Waals surface area contributed by atoms with E-state index in [1.807, 2.05) is 12.1 Å². The molecule has 0 spiro atoms. The van der Waals surface area contributed by atoms with Crippen LogP contribution in [0.5, 0.6) is 5.88 Å². The Morgan fingerprint density at radius 3 is 2.91 bits per heavy atom. The molecule has 1 aliphatic rings. The number of rotatable bonds is 4. The summed E-state index contributed by atoms with van der Waals surface area (Å²) in [4.78, 5) is 16.0. The van der Waals surface area contributed by atoms with Crippen molar-refractivity contribution in [1.29, 1.82) is 0 Å². The van der Waals surface area contributed by atoms with E-state index in [9.17, 15) is 4.79 Å². The predicted molar refractivity (Wildman–Crippen MR) is 84.2 cm³/mol. The van der Waals surface area contributed by atoms with E-state index in [1.54, 1.807) is 18.3 Å². The average molecular weight is 300 g/mol. The number of carbonyl (C=O) groups is 1. The molecule has 0 atom stereocenters. The van der Waals surface area contributed by atoms with Gasteiger partial charge in [-0.2, -0.15) is 0 Å². The van der Waals surface area contributed by atoms with Crippen LogP contribution < -0.4 is 10.1 Å². The van der Waals surface area contributed by atoms with Gasteiger partial charge in [-0.15, -0.1) is 0 Å². The molecule has 0 saturated carbocycles. The van der Waals surface area contributed by atoms with Crippen LogP contribution in [-0.2, 0) is 4.74 Å². The van der Waals surface area contributed by atoms with E-state index in [4.69, 9.17) is 9.47 Å². The van der Waals surface area contributed by atoms with Gasteiger partial charge in [-0.3, -0.25) is 0 Å². The van der Waals surface area contributed by atoms with Crippen LogP contribution in [0, 0.1) is 5.92 Å². The molecule has 1 saturated heterocycles. The van der Waals surface area contributed by atoms with E-state index in [2.05, 4.69) is 10.3 Å². The van der Waals surface area contributed by atoms with Crippen LogP contribution in [-0.4, -0.2) is 37.8 Å². The molecule has 0 bridgehead atoms. The molecule has 0 aliphatic carbocycles. The quantitative estimate of drug-likeness (QED) is 0.879. The molecule has 22 heavy (non-hydrogen) atoms. The molecule has 2 heterocycles. The second-order valence-electron chi connectivity index (χ2n) is 5.55. The van der Waals surface area contributed by atoms with Gasteiger partial charge in [0.15, 0.2) is 0 Å². The third-order valence-corrected chi connectivity index (χ3v) is 4.07. The van der Waals surface area contributed by atoms with E-state index in [0.29, 0.717) is 24.0 Å². The molecular formula is C17H20N2O3. The Balaban J connectivity index is 1.82. The van der Waals surface area contributed by atoms with Crippen molar-refractivity contribution in [3.63, 3.8) is 0 Å². The van der Waals surface area contributed by atoms with Crippen molar-refractivity contribution < 1.29 is 14.3 Å². The molecular weight excluding hydrogens is 280 g/mol. The van der Waals surface area contributed by atoms with E-state index in [0.717, 1.165) is 36.7 Å². The van der Waals surface area contributed by atoms with E-state index in [1.165, 1.54) is 7.11 Å².